The van der Waals surface area contributed by atoms with Gasteiger partial charge in [0.1, 0.15) is 0 Å². The van der Waals surface area contributed by atoms with Crippen LogP contribution in [0.1, 0.15) is 0 Å². The van der Waals surface area contributed by atoms with E-state index in [1.807, 2.05) is 0 Å². The first-order chi connectivity index (χ1) is 3.00. The van der Waals surface area contributed by atoms with Crippen LogP contribution in [-0.2, 0) is 0 Å². The molecule has 0 heterocycles. The first-order valence-corrected chi connectivity index (χ1v) is 0.671. The summed E-state index contributed by atoms with van der Waals surface area (Å²) in [7, 11) is 0. The Morgan fingerprint density at radius 3 is 0.571 bits per heavy atom. The van der Waals surface area contributed by atoms with E-state index in [4.69, 9.17) is 35.5 Å². The Morgan fingerprint density at radius 2 is 0.571 bits per heavy atom. The molecule has 0 aliphatic carbocycles. The third kappa shape index (κ3) is 48.9. The van der Waals surface area contributed by atoms with E-state index in [0.29, 0.717) is 0 Å². The molecule has 7 heavy (non-hydrogen) atoms. The third-order valence-corrected chi connectivity index (χ3v) is 0. The molecule has 0 aromatic heterocycles. The van der Waals surface area contributed by atoms with Crippen molar-refractivity contribution >= 4 is 18.0 Å². The van der Waals surface area contributed by atoms with Gasteiger partial charge in [0.25, 0.3) is 0 Å². The molecule has 0 amide bonds. The summed E-state index contributed by atoms with van der Waals surface area (Å²) >= 11 is 0. The van der Waals surface area contributed by atoms with Crippen molar-refractivity contribution in [1.82, 2.24) is 0 Å². The van der Waals surface area contributed by atoms with E-state index in [1.54, 1.807) is 0 Å². The van der Waals surface area contributed by atoms with E-state index in [9.17, 15) is 0 Å². The van der Waals surface area contributed by atoms with Gasteiger partial charge in [-0.3, -0.25) is 0 Å². The Kier molecular flexibility index (Phi) is 458. The zero-order valence-corrected chi connectivity index (χ0v) is 5.17. The van der Waals surface area contributed by atoms with Crippen LogP contribution < -0.4 is 0 Å². The van der Waals surface area contributed by atoms with Gasteiger partial charge >= 0.3 is 18.0 Å². The molecule has 0 rings (SSSR count). The van der Waals surface area contributed by atoms with E-state index < -0.39 is 0 Å². The molecule has 2 radical (unpaired) electrons. The Hall–Kier alpha value is -0.972. The largest absolute Gasteiger partial charge is 3.00 e. The average molecular weight is 153 g/mol. The standard InChI is InChI=1S/3CN.As/c3*1-2;/q3*-1;+3. The van der Waals surface area contributed by atoms with Gasteiger partial charge in [-0.1, -0.05) is 0 Å². The zero-order valence-electron chi connectivity index (χ0n) is 3.29. The molecule has 32 valence electrons. The van der Waals surface area contributed by atoms with Gasteiger partial charge in [-0.15, -0.1) is 0 Å². The van der Waals surface area contributed by atoms with Crippen molar-refractivity contribution in [3.05, 3.63) is 19.7 Å². The van der Waals surface area contributed by atoms with Crippen LogP contribution in [0.5, 0.6) is 0 Å². The molecule has 0 aromatic carbocycles. The molecule has 4 heteroatoms. The second-order valence-corrected chi connectivity index (χ2v) is 0. The van der Waals surface area contributed by atoms with Crippen molar-refractivity contribution in [2.45, 2.75) is 0 Å². The van der Waals surface area contributed by atoms with Gasteiger partial charge in [0.2, 0.25) is 0 Å². The topological polar surface area (TPSA) is 71.4 Å². The fraction of sp³-hybridized carbons (Fsp3) is 0. The van der Waals surface area contributed by atoms with Gasteiger partial charge in [0.05, 0.1) is 0 Å². The average Bonchev–Trinajstić information content (AvgIpc) is 1.81. The van der Waals surface area contributed by atoms with Crippen LogP contribution in [0.2, 0.25) is 0 Å². The monoisotopic (exact) mass is 153 g/mol. The van der Waals surface area contributed by atoms with Gasteiger partial charge in [-0.25, -0.2) is 0 Å². The number of rotatable bonds is 0. The summed E-state index contributed by atoms with van der Waals surface area (Å²) in [5.74, 6) is 0. The van der Waals surface area contributed by atoms with E-state index in [1.165, 1.54) is 0 Å². The SMILES string of the molecule is [As+3].[C-]#N.[C-]#N.[C-]#N. The molecule has 0 saturated heterocycles. The number of nitrogens with zero attached hydrogens (tertiary/aromatic N) is 3. The Morgan fingerprint density at radius 1 is 0.571 bits per heavy atom. The van der Waals surface area contributed by atoms with Gasteiger partial charge in [0, 0.05) is 0 Å². The maximum absolute atomic E-state index is 6.25. The Labute approximate surface area is 54.1 Å². The second-order valence-electron chi connectivity index (χ2n) is 0. The second kappa shape index (κ2) is 86.5. The van der Waals surface area contributed by atoms with Crippen LogP contribution >= 0.6 is 0 Å². The summed E-state index contributed by atoms with van der Waals surface area (Å²) in [5.41, 5.74) is 0. The zero-order chi connectivity index (χ0) is 6.00. The number of hydrogen-bond donors (Lipinski definition) is 0. The van der Waals surface area contributed by atoms with Crippen LogP contribution in [-0.4, -0.2) is 18.0 Å². The maximum Gasteiger partial charge on any atom is 3.00 e. The minimum absolute atomic E-state index is 0. The molecule has 0 fully saturated rings. The summed E-state index contributed by atoms with van der Waals surface area (Å²) in [6.45, 7) is 14.2. The van der Waals surface area contributed by atoms with Crippen molar-refractivity contribution in [2.75, 3.05) is 0 Å². The number of hydrogen-bond acceptors (Lipinski definition) is 3. The van der Waals surface area contributed by atoms with Gasteiger partial charge in [-0.2, -0.15) is 0 Å². The van der Waals surface area contributed by atoms with E-state index >= 15 is 0 Å². The summed E-state index contributed by atoms with van der Waals surface area (Å²) in [6.07, 6.45) is 0. The van der Waals surface area contributed by atoms with Crippen molar-refractivity contribution in [1.29, 1.82) is 15.8 Å². The van der Waals surface area contributed by atoms with Crippen molar-refractivity contribution in [3.63, 3.8) is 0 Å². The minimum Gasteiger partial charge on any atom is -0.512 e. The van der Waals surface area contributed by atoms with Crippen molar-refractivity contribution in [2.24, 2.45) is 0 Å². The smallest absolute Gasteiger partial charge is 0.512 e. The molecule has 0 saturated carbocycles. The van der Waals surface area contributed by atoms with Gasteiger partial charge < -0.3 is 35.5 Å². The van der Waals surface area contributed by atoms with Crippen LogP contribution in [0.4, 0.5) is 0 Å². The normalized spacial score (nSPS) is 0.857. The molecule has 0 aromatic rings. The van der Waals surface area contributed by atoms with Crippen molar-refractivity contribution < 1.29 is 0 Å². The molecule has 0 spiro atoms. The molecule has 0 aliphatic rings. The third-order valence-electron chi connectivity index (χ3n) is 0. The molecule has 0 bridgehead atoms. The molecule has 0 atom stereocenters. The Bertz CT molecular complexity index is 38.7. The van der Waals surface area contributed by atoms with Gasteiger partial charge in [-0.05, 0) is 0 Å². The molecule has 3 nitrogen and oxygen atoms in total. The molecular weight excluding hydrogens is 153 g/mol. The van der Waals surface area contributed by atoms with Crippen LogP contribution in [0.3, 0.4) is 0 Å². The summed E-state index contributed by atoms with van der Waals surface area (Å²) in [4.78, 5) is 0. The molecule has 0 aliphatic heterocycles. The maximum atomic E-state index is 6.25. The summed E-state index contributed by atoms with van der Waals surface area (Å²) < 4.78 is 0. The van der Waals surface area contributed by atoms with E-state index in [-0.39, 0.29) is 18.0 Å². The summed E-state index contributed by atoms with van der Waals surface area (Å²) in [5, 5.41) is 18.8. The first-order valence-electron chi connectivity index (χ1n) is 0.671. The molecule has 0 unspecified atom stereocenters. The minimum atomic E-state index is 0. The molecular formula is C3AsN3. The fourth-order valence-electron chi connectivity index (χ4n) is 0. The fourth-order valence-corrected chi connectivity index (χ4v) is 0. The Balaban J connectivity index is -0.00000000900. The van der Waals surface area contributed by atoms with Crippen LogP contribution in [0, 0.1) is 35.5 Å². The van der Waals surface area contributed by atoms with E-state index in [2.05, 4.69) is 0 Å². The predicted octanol–water partition coefficient (Wildman–Crippen LogP) is -0.0917. The first kappa shape index (κ1) is 37.0. The predicted molar refractivity (Wildman–Crippen MR) is 20.7 cm³/mol. The summed E-state index contributed by atoms with van der Waals surface area (Å²) in [6, 6.07) is 0. The quantitative estimate of drug-likeness (QED) is 0.360. The van der Waals surface area contributed by atoms with Crippen molar-refractivity contribution in [3.8, 4) is 0 Å². The van der Waals surface area contributed by atoms with Crippen LogP contribution in [0.15, 0.2) is 0 Å². The van der Waals surface area contributed by atoms with E-state index in [0.717, 1.165) is 0 Å². The van der Waals surface area contributed by atoms with Gasteiger partial charge in [0.15, 0.2) is 0 Å². The van der Waals surface area contributed by atoms with Crippen LogP contribution in [0.25, 0.3) is 0 Å². The molecule has 0 N–H and O–H groups in total.